The van der Waals surface area contributed by atoms with E-state index < -0.39 is 0 Å². The van der Waals surface area contributed by atoms with Gasteiger partial charge in [-0.25, -0.2) is 0 Å². The van der Waals surface area contributed by atoms with Crippen molar-refractivity contribution in [2.75, 3.05) is 6.54 Å². The Balaban J connectivity index is 2.58. The lowest BCUT2D eigenvalue weighted by Gasteiger charge is -2.05. The fourth-order valence-electron chi connectivity index (χ4n) is 0.621. The number of nitrogens with two attached hydrogens (primary N) is 1. The van der Waals surface area contributed by atoms with Crippen LogP contribution in [-0.4, -0.2) is 22.0 Å². The molecule has 0 aliphatic carbocycles. The van der Waals surface area contributed by atoms with Gasteiger partial charge < -0.3 is 5.73 Å². The Bertz CT molecular complexity index is 239. The zero-order chi connectivity index (χ0) is 8.97. The van der Waals surface area contributed by atoms with E-state index >= 15 is 0 Å². The van der Waals surface area contributed by atoms with Gasteiger partial charge in [-0.3, -0.25) is 0 Å². The normalized spacial score (nSPS) is 12.9. The van der Waals surface area contributed by atoms with Crippen LogP contribution in [0.25, 0.3) is 0 Å². The third-order valence-corrected chi connectivity index (χ3v) is 2.52. The second kappa shape index (κ2) is 4.64. The highest BCUT2D eigenvalue weighted by molar-refractivity contribution is 7.99. The summed E-state index contributed by atoms with van der Waals surface area (Å²) in [6, 6.07) is 3.56. The van der Waals surface area contributed by atoms with E-state index in [4.69, 9.17) is 17.3 Å². The molecule has 1 unspecified atom stereocenters. The molecule has 1 rings (SSSR count). The minimum Gasteiger partial charge on any atom is -0.329 e. The lowest BCUT2D eigenvalue weighted by Crippen LogP contribution is -2.12. The number of nitrogens with zero attached hydrogens (tertiary/aromatic N) is 2. The summed E-state index contributed by atoms with van der Waals surface area (Å²) in [5.41, 5.74) is 5.45. The molecule has 0 radical (unpaired) electrons. The van der Waals surface area contributed by atoms with Crippen molar-refractivity contribution in [1.82, 2.24) is 10.2 Å². The molecule has 0 saturated carbocycles. The van der Waals surface area contributed by atoms with Gasteiger partial charge in [0.2, 0.25) is 0 Å². The summed E-state index contributed by atoms with van der Waals surface area (Å²) >= 11 is 7.17. The second-order valence-corrected chi connectivity index (χ2v) is 4.20. The van der Waals surface area contributed by atoms with E-state index in [0.717, 1.165) is 5.03 Å². The van der Waals surface area contributed by atoms with Crippen molar-refractivity contribution >= 4 is 23.4 Å². The van der Waals surface area contributed by atoms with Crippen LogP contribution in [0.3, 0.4) is 0 Å². The van der Waals surface area contributed by atoms with E-state index in [2.05, 4.69) is 10.2 Å². The molecular weight excluding hydrogens is 194 g/mol. The Morgan fingerprint density at radius 1 is 1.58 bits per heavy atom. The Kier molecular flexibility index (Phi) is 3.78. The van der Waals surface area contributed by atoms with Crippen LogP contribution >= 0.6 is 23.4 Å². The zero-order valence-corrected chi connectivity index (χ0v) is 8.27. The number of hydrogen-bond acceptors (Lipinski definition) is 4. The number of thioether (sulfide) groups is 1. The predicted molar refractivity (Wildman–Crippen MR) is 51.4 cm³/mol. The first-order valence-corrected chi connectivity index (χ1v) is 4.84. The molecule has 0 aromatic carbocycles. The first kappa shape index (κ1) is 9.77. The standard InChI is InChI=1S/C7H10ClN3S/c1-5(4-9)12-7-3-2-6(8)10-11-7/h2-3,5H,4,9H2,1H3. The molecule has 2 N–H and O–H groups in total. The summed E-state index contributed by atoms with van der Waals surface area (Å²) in [6.07, 6.45) is 0. The van der Waals surface area contributed by atoms with Crippen LogP contribution in [-0.2, 0) is 0 Å². The largest absolute Gasteiger partial charge is 0.329 e. The average Bonchev–Trinajstić information content (AvgIpc) is 2.09. The molecule has 1 aromatic heterocycles. The molecule has 0 bridgehead atoms. The quantitative estimate of drug-likeness (QED) is 0.758. The Labute approximate surface area is 80.7 Å². The predicted octanol–water partition coefficient (Wildman–Crippen LogP) is 1.57. The van der Waals surface area contributed by atoms with Gasteiger partial charge in [0.25, 0.3) is 0 Å². The molecule has 1 heterocycles. The van der Waals surface area contributed by atoms with E-state index in [-0.39, 0.29) is 0 Å². The molecular formula is C7H10ClN3S. The minimum atomic E-state index is 0.362. The van der Waals surface area contributed by atoms with Gasteiger partial charge in [-0.2, -0.15) is 0 Å². The third-order valence-electron chi connectivity index (χ3n) is 1.26. The SMILES string of the molecule is CC(CN)Sc1ccc(Cl)nn1. The molecule has 66 valence electrons. The van der Waals surface area contributed by atoms with Crippen LogP contribution in [0.15, 0.2) is 17.2 Å². The first-order chi connectivity index (χ1) is 5.72. The number of hydrogen-bond donors (Lipinski definition) is 1. The molecule has 5 heteroatoms. The van der Waals surface area contributed by atoms with Crippen LogP contribution in [0.1, 0.15) is 6.92 Å². The molecule has 0 spiro atoms. The van der Waals surface area contributed by atoms with Crippen molar-refractivity contribution in [2.24, 2.45) is 5.73 Å². The van der Waals surface area contributed by atoms with Crippen molar-refractivity contribution < 1.29 is 0 Å². The second-order valence-electron chi connectivity index (χ2n) is 2.36. The van der Waals surface area contributed by atoms with Gasteiger partial charge in [-0.05, 0) is 12.1 Å². The van der Waals surface area contributed by atoms with E-state index in [1.165, 1.54) is 0 Å². The van der Waals surface area contributed by atoms with E-state index in [0.29, 0.717) is 16.9 Å². The molecule has 3 nitrogen and oxygen atoms in total. The molecule has 0 aliphatic heterocycles. The average molecular weight is 204 g/mol. The van der Waals surface area contributed by atoms with Crippen molar-refractivity contribution in [3.05, 3.63) is 17.3 Å². The minimum absolute atomic E-state index is 0.362. The van der Waals surface area contributed by atoms with Gasteiger partial charge in [-0.1, -0.05) is 18.5 Å². The molecule has 1 aromatic rings. The van der Waals surface area contributed by atoms with Crippen LogP contribution < -0.4 is 5.73 Å². The molecule has 0 fully saturated rings. The summed E-state index contributed by atoms with van der Waals surface area (Å²) in [5, 5.41) is 9.25. The summed E-state index contributed by atoms with van der Waals surface area (Å²) in [7, 11) is 0. The van der Waals surface area contributed by atoms with Crippen LogP contribution in [0.5, 0.6) is 0 Å². The Hall–Kier alpha value is -0.320. The number of aromatic nitrogens is 2. The van der Waals surface area contributed by atoms with Crippen LogP contribution in [0, 0.1) is 0 Å². The maximum Gasteiger partial charge on any atom is 0.151 e. The molecule has 1 atom stereocenters. The molecule has 0 aliphatic rings. The van der Waals surface area contributed by atoms with Crippen LogP contribution in [0.2, 0.25) is 5.15 Å². The number of halogens is 1. The summed E-state index contributed by atoms with van der Waals surface area (Å²) < 4.78 is 0. The monoisotopic (exact) mass is 203 g/mol. The topological polar surface area (TPSA) is 51.8 Å². The highest BCUT2D eigenvalue weighted by Gasteiger charge is 2.02. The molecule has 12 heavy (non-hydrogen) atoms. The maximum absolute atomic E-state index is 5.57. The fraction of sp³-hybridized carbons (Fsp3) is 0.429. The number of rotatable bonds is 3. The summed E-state index contributed by atoms with van der Waals surface area (Å²) in [4.78, 5) is 0. The zero-order valence-electron chi connectivity index (χ0n) is 6.70. The van der Waals surface area contributed by atoms with Gasteiger partial charge in [0.05, 0.1) is 0 Å². The highest BCUT2D eigenvalue weighted by atomic mass is 35.5. The Morgan fingerprint density at radius 2 is 2.33 bits per heavy atom. The third kappa shape index (κ3) is 2.97. The van der Waals surface area contributed by atoms with Crippen molar-refractivity contribution in [2.45, 2.75) is 17.2 Å². The van der Waals surface area contributed by atoms with Crippen molar-refractivity contribution in [3.63, 3.8) is 0 Å². The van der Waals surface area contributed by atoms with E-state index in [1.54, 1.807) is 17.8 Å². The lowest BCUT2D eigenvalue weighted by atomic mass is 10.5. The lowest BCUT2D eigenvalue weighted by molar-refractivity contribution is 0.906. The van der Waals surface area contributed by atoms with Gasteiger partial charge in [0, 0.05) is 11.8 Å². The summed E-state index contributed by atoms with van der Waals surface area (Å²) in [5.74, 6) is 0. The van der Waals surface area contributed by atoms with Crippen molar-refractivity contribution in [1.29, 1.82) is 0 Å². The van der Waals surface area contributed by atoms with Gasteiger partial charge in [0.1, 0.15) is 5.03 Å². The van der Waals surface area contributed by atoms with Gasteiger partial charge in [0.15, 0.2) is 5.15 Å². The van der Waals surface area contributed by atoms with Gasteiger partial charge >= 0.3 is 0 Å². The van der Waals surface area contributed by atoms with Gasteiger partial charge in [-0.15, -0.1) is 22.0 Å². The van der Waals surface area contributed by atoms with Crippen LogP contribution in [0.4, 0.5) is 0 Å². The van der Waals surface area contributed by atoms with E-state index in [9.17, 15) is 0 Å². The van der Waals surface area contributed by atoms with Crippen molar-refractivity contribution in [3.8, 4) is 0 Å². The Morgan fingerprint density at radius 3 is 2.83 bits per heavy atom. The smallest absolute Gasteiger partial charge is 0.151 e. The molecule has 0 saturated heterocycles. The summed E-state index contributed by atoms with van der Waals surface area (Å²) in [6.45, 7) is 2.68. The first-order valence-electron chi connectivity index (χ1n) is 3.58. The highest BCUT2D eigenvalue weighted by Crippen LogP contribution is 2.19. The van der Waals surface area contributed by atoms with E-state index in [1.807, 2.05) is 13.0 Å². The fourth-order valence-corrected chi connectivity index (χ4v) is 1.46. The molecule has 0 amide bonds. The maximum atomic E-state index is 5.57.